The van der Waals surface area contributed by atoms with Crippen molar-refractivity contribution in [2.45, 2.75) is 0 Å². The zero-order chi connectivity index (χ0) is 17.8. The van der Waals surface area contributed by atoms with Gasteiger partial charge in [0.25, 0.3) is 5.91 Å². The van der Waals surface area contributed by atoms with E-state index in [1.165, 1.54) is 11.3 Å². The molecular weight excluding hydrogens is 362 g/mol. The maximum Gasteiger partial charge on any atom is 0.259 e. The minimum absolute atomic E-state index is 0.338. The number of hydrogen-bond donors (Lipinski definition) is 1. The van der Waals surface area contributed by atoms with E-state index in [-0.39, 0.29) is 5.91 Å². The summed E-state index contributed by atoms with van der Waals surface area (Å²) >= 11 is 7.27. The van der Waals surface area contributed by atoms with E-state index in [0.29, 0.717) is 32.2 Å². The molecule has 0 radical (unpaired) electrons. The molecule has 0 aliphatic heterocycles. The van der Waals surface area contributed by atoms with E-state index >= 15 is 0 Å². The van der Waals surface area contributed by atoms with Gasteiger partial charge in [-0.2, -0.15) is 0 Å². The first kappa shape index (κ1) is 17.2. The van der Waals surface area contributed by atoms with Crippen LogP contribution in [-0.2, 0) is 0 Å². The summed E-state index contributed by atoms with van der Waals surface area (Å²) in [4.78, 5) is 12.3. The maximum atomic E-state index is 12.3. The first-order valence-electron chi connectivity index (χ1n) is 7.24. The number of hydrogen-bond acceptors (Lipinski definition) is 6. The summed E-state index contributed by atoms with van der Waals surface area (Å²) in [7, 11) is 3.15. The lowest BCUT2D eigenvalue weighted by atomic mass is 10.2. The van der Waals surface area contributed by atoms with Gasteiger partial charge < -0.3 is 9.47 Å². The Labute approximate surface area is 153 Å². The number of anilines is 1. The monoisotopic (exact) mass is 375 g/mol. The lowest BCUT2D eigenvalue weighted by Gasteiger charge is -2.07. The third-order valence-electron chi connectivity index (χ3n) is 3.40. The van der Waals surface area contributed by atoms with Crippen molar-refractivity contribution < 1.29 is 14.3 Å². The Kier molecular flexibility index (Phi) is 5.16. The van der Waals surface area contributed by atoms with Crippen molar-refractivity contribution >= 4 is 34.0 Å². The summed E-state index contributed by atoms with van der Waals surface area (Å²) in [6.07, 6.45) is 0. The number of ether oxygens (including phenoxy) is 2. The van der Waals surface area contributed by atoms with Gasteiger partial charge in [0.15, 0.2) is 5.01 Å². The average molecular weight is 376 g/mol. The van der Waals surface area contributed by atoms with Gasteiger partial charge in [-0.05, 0) is 24.3 Å². The van der Waals surface area contributed by atoms with Crippen molar-refractivity contribution in [1.82, 2.24) is 10.2 Å². The normalized spacial score (nSPS) is 10.4. The van der Waals surface area contributed by atoms with Gasteiger partial charge >= 0.3 is 0 Å². The third kappa shape index (κ3) is 3.72. The van der Waals surface area contributed by atoms with E-state index in [4.69, 9.17) is 21.1 Å². The van der Waals surface area contributed by atoms with Gasteiger partial charge in [-0.3, -0.25) is 10.1 Å². The fraction of sp³-hybridized carbons (Fsp3) is 0.118. The molecule has 2 aromatic carbocycles. The predicted octanol–water partition coefficient (Wildman–Crippen LogP) is 4.13. The molecule has 1 amide bonds. The fourth-order valence-electron chi connectivity index (χ4n) is 2.17. The minimum atomic E-state index is -0.338. The van der Waals surface area contributed by atoms with E-state index in [2.05, 4.69) is 15.5 Å². The van der Waals surface area contributed by atoms with Crippen LogP contribution in [0.1, 0.15) is 10.4 Å². The number of rotatable bonds is 5. The molecule has 1 heterocycles. The largest absolute Gasteiger partial charge is 0.497 e. The van der Waals surface area contributed by atoms with Crippen LogP contribution in [0.15, 0.2) is 42.5 Å². The fourth-order valence-corrected chi connectivity index (χ4v) is 3.16. The highest BCUT2D eigenvalue weighted by molar-refractivity contribution is 7.18. The molecule has 1 N–H and O–H groups in total. The van der Waals surface area contributed by atoms with E-state index in [1.807, 2.05) is 6.07 Å². The summed E-state index contributed by atoms with van der Waals surface area (Å²) in [5.74, 6) is 0.951. The van der Waals surface area contributed by atoms with Gasteiger partial charge in [-0.15, -0.1) is 10.2 Å². The molecule has 0 aliphatic carbocycles. The summed E-state index contributed by atoms with van der Waals surface area (Å²) in [5.41, 5.74) is 1.14. The van der Waals surface area contributed by atoms with Gasteiger partial charge in [-0.1, -0.05) is 35.1 Å². The number of carbonyl (C=O) groups excluding carboxylic acids is 1. The predicted molar refractivity (Wildman–Crippen MR) is 97.9 cm³/mol. The van der Waals surface area contributed by atoms with Crippen molar-refractivity contribution in [2.75, 3.05) is 19.5 Å². The van der Waals surface area contributed by atoms with E-state index in [0.717, 1.165) is 5.56 Å². The summed E-state index contributed by atoms with van der Waals surface area (Å²) in [6, 6.07) is 12.2. The number of methoxy groups -OCH3 is 2. The second-order valence-corrected chi connectivity index (χ2v) is 6.30. The summed E-state index contributed by atoms with van der Waals surface area (Å²) in [5, 5.41) is 12.2. The number of aromatic nitrogens is 2. The molecule has 0 aliphatic rings. The maximum absolute atomic E-state index is 12.3. The first-order valence-corrected chi connectivity index (χ1v) is 8.43. The molecule has 0 spiro atoms. The first-order chi connectivity index (χ1) is 12.1. The van der Waals surface area contributed by atoms with Crippen LogP contribution < -0.4 is 14.8 Å². The molecular formula is C17H14ClN3O3S. The molecule has 8 heteroatoms. The summed E-state index contributed by atoms with van der Waals surface area (Å²) in [6.45, 7) is 0. The Bertz CT molecular complexity index is 914. The molecule has 0 atom stereocenters. The van der Waals surface area contributed by atoms with Crippen molar-refractivity contribution in [3.05, 3.63) is 53.1 Å². The number of carbonyl (C=O) groups is 1. The highest BCUT2D eigenvalue weighted by atomic mass is 35.5. The van der Waals surface area contributed by atoms with Gasteiger partial charge in [0, 0.05) is 6.07 Å². The highest BCUT2D eigenvalue weighted by Crippen LogP contribution is 2.36. The molecule has 0 saturated heterocycles. The van der Waals surface area contributed by atoms with Crippen LogP contribution in [0.2, 0.25) is 5.02 Å². The Hall–Kier alpha value is -2.64. The molecule has 1 aromatic heterocycles. The number of nitrogens with one attached hydrogen (secondary N) is 1. The van der Waals surface area contributed by atoms with Crippen molar-refractivity contribution in [1.29, 1.82) is 0 Å². The molecule has 6 nitrogen and oxygen atoms in total. The average Bonchev–Trinajstić information content (AvgIpc) is 3.09. The number of amides is 1. The van der Waals surface area contributed by atoms with Crippen molar-refractivity contribution in [2.24, 2.45) is 0 Å². The SMILES string of the molecule is COc1ccc(-c2nnc(NC(=O)c3ccccc3Cl)s2)c(OC)c1. The topological polar surface area (TPSA) is 73.3 Å². The van der Waals surface area contributed by atoms with E-state index in [1.54, 1.807) is 50.6 Å². The molecule has 0 saturated carbocycles. The van der Waals surface area contributed by atoms with E-state index < -0.39 is 0 Å². The quantitative estimate of drug-likeness (QED) is 0.725. The standard InChI is InChI=1S/C17H14ClN3O3S/c1-23-10-7-8-12(14(9-10)24-2)16-20-21-17(25-16)19-15(22)11-5-3-4-6-13(11)18/h3-9H,1-2H3,(H,19,21,22). The zero-order valence-corrected chi connectivity index (χ0v) is 15.0. The van der Waals surface area contributed by atoms with Gasteiger partial charge in [0.1, 0.15) is 11.5 Å². The lowest BCUT2D eigenvalue weighted by Crippen LogP contribution is -2.12. The minimum Gasteiger partial charge on any atom is -0.497 e. The van der Waals surface area contributed by atoms with Crippen LogP contribution in [-0.4, -0.2) is 30.3 Å². The molecule has 0 bridgehead atoms. The second-order valence-electron chi connectivity index (χ2n) is 4.91. The zero-order valence-electron chi connectivity index (χ0n) is 13.4. The van der Waals surface area contributed by atoms with Crippen LogP contribution >= 0.6 is 22.9 Å². The third-order valence-corrected chi connectivity index (χ3v) is 4.60. The van der Waals surface area contributed by atoms with E-state index in [9.17, 15) is 4.79 Å². The Morgan fingerprint density at radius 3 is 2.64 bits per heavy atom. The van der Waals surface area contributed by atoms with Crippen molar-refractivity contribution in [3.63, 3.8) is 0 Å². The van der Waals surface area contributed by atoms with Gasteiger partial charge in [-0.25, -0.2) is 0 Å². The van der Waals surface area contributed by atoms with Crippen LogP contribution in [0.5, 0.6) is 11.5 Å². The molecule has 3 aromatic rings. The van der Waals surface area contributed by atoms with Crippen LogP contribution in [0.3, 0.4) is 0 Å². The van der Waals surface area contributed by atoms with Crippen LogP contribution in [0, 0.1) is 0 Å². The molecule has 0 fully saturated rings. The Balaban J connectivity index is 1.84. The molecule has 128 valence electrons. The Morgan fingerprint density at radius 1 is 1.12 bits per heavy atom. The smallest absolute Gasteiger partial charge is 0.259 e. The molecule has 3 rings (SSSR count). The van der Waals surface area contributed by atoms with Gasteiger partial charge in [0.05, 0.1) is 30.4 Å². The van der Waals surface area contributed by atoms with Crippen LogP contribution in [0.25, 0.3) is 10.6 Å². The van der Waals surface area contributed by atoms with Crippen LogP contribution in [0.4, 0.5) is 5.13 Å². The van der Waals surface area contributed by atoms with Gasteiger partial charge in [0.2, 0.25) is 5.13 Å². The van der Waals surface area contributed by atoms with Crippen molar-refractivity contribution in [3.8, 4) is 22.1 Å². The Morgan fingerprint density at radius 2 is 1.92 bits per heavy atom. The number of halogens is 1. The lowest BCUT2D eigenvalue weighted by molar-refractivity contribution is 0.102. The molecule has 25 heavy (non-hydrogen) atoms. The number of nitrogens with zero attached hydrogens (tertiary/aromatic N) is 2. The second kappa shape index (κ2) is 7.50. The molecule has 0 unspecified atom stereocenters. The number of benzene rings is 2. The highest BCUT2D eigenvalue weighted by Gasteiger charge is 2.16. The summed E-state index contributed by atoms with van der Waals surface area (Å²) < 4.78 is 10.6.